The first-order valence-electron chi connectivity index (χ1n) is 10.4. The lowest BCUT2D eigenvalue weighted by atomic mass is 10.1. The molecule has 0 aliphatic rings. The molecule has 0 atom stereocenters. The number of carbonyl (C=O) groups excluding carboxylic acids is 1. The highest BCUT2D eigenvalue weighted by atomic mass is 16.5. The largest absolute Gasteiger partial charge is 0.497 e. The fraction of sp³-hybridized carbons (Fsp3) is 0.160. The van der Waals surface area contributed by atoms with Gasteiger partial charge in [0.05, 0.1) is 12.6 Å². The molecule has 32 heavy (non-hydrogen) atoms. The van der Waals surface area contributed by atoms with Crippen LogP contribution in [0, 0.1) is 0 Å². The first-order chi connectivity index (χ1) is 15.6. The lowest BCUT2D eigenvalue weighted by molar-refractivity contribution is 0.251. The Balaban J connectivity index is 1.58. The minimum atomic E-state index is -0.407. The number of urea groups is 1. The first-order valence-corrected chi connectivity index (χ1v) is 10.4. The zero-order valence-corrected chi connectivity index (χ0v) is 17.7. The number of nitrogens with zero attached hydrogens (tertiary/aromatic N) is 2. The molecule has 0 saturated carbocycles. The Morgan fingerprint density at radius 1 is 0.938 bits per heavy atom. The number of hydrogen-bond donors (Lipinski definition) is 2. The van der Waals surface area contributed by atoms with Crippen LogP contribution in [0.3, 0.4) is 0 Å². The van der Waals surface area contributed by atoms with Crippen LogP contribution < -0.4 is 21.1 Å². The minimum Gasteiger partial charge on any atom is -0.497 e. The molecule has 1 aromatic heterocycles. The number of fused-ring (bicyclic) bond motifs is 1. The third-order valence-electron chi connectivity index (χ3n) is 5.19. The number of hydrogen-bond acceptors (Lipinski definition) is 4. The predicted molar refractivity (Wildman–Crippen MR) is 125 cm³/mol. The molecule has 0 radical (unpaired) electrons. The van der Waals surface area contributed by atoms with Crippen molar-refractivity contribution in [2.24, 2.45) is 0 Å². The van der Waals surface area contributed by atoms with E-state index in [0.29, 0.717) is 36.2 Å². The topological polar surface area (TPSA) is 85.2 Å². The minimum absolute atomic E-state index is 0.372. The average Bonchev–Trinajstić information content (AvgIpc) is 2.83. The zero-order valence-electron chi connectivity index (χ0n) is 17.7. The molecule has 0 saturated heterocycles. The number of methoxy groups -OCH3 is 1. The number of benzene rings is 3. The van der Waals surface area contributed by atoms with E-state index in [0.717, 1.165) is 16.9 Å². The standard InChI is InChI=1S/C25H24N4O3/c1-32-20-13-11-18(12-14-20)15-16-29-23(21-9-5-6-10-22(21)27-25(29)31)28-24(30)26-17-19-7-3-2-4-8-19/h2-14H,15-17H2,1H3,(H2,26,28,30). The van der Waals surface area contributed by atoms with Crippen molar-refractivity contribution >= 4 is 22.8 Å². The second-order valence-corrected chi connectivity index (χ2v) is 7.30. The summed E-state index contributed by atoms with van der Waals surface area (Å²) in [4.78, 5) is 29.7. The molecule has 1 heterocycles. The lowest BCUT2D eigenvalue weighted by Crippen LogP contribution is -2.33. The van der Waals surface area contributed by atoms with E-state index in [1.807, 2.05) is 72.8 Å². The lowest BCUT2D eigenvalue weighted by Gasteiger charge is -2.16. The highest BCUT2D eigenvalue weighted by Crippen LogP contribution is 2.21. The van der Waals surface area contributed by atoms with Crippen molar-refractivity contribution in [3.63, 3.8) is 0 Å². The molecule has 0 fully saturated rings. The normalized spacial score (nSPS) is 10.7. The Kier molecular flexibility index (Phi) is 6.46. The highest BCUT2D eigenvalue weighted by molar-refractivity contribution is 5.98. The van der Waals surface area contributed by atoms with Crippen LogP contribution in [0.2, 0.25) is 0 Å². The number of para-hydroxylation sites is 1. The molecule has 0 aliphatic heterocycles. The van der Waals surface area contributed by atoms with Gasteiger partial charge in [-0.1, -0.05) is 54.6 Å². The maximum absolute atomic E-state index is 12.8. The number of aromatic nitrogens is 2. The number of amides is 2. The van der Waals surface area contributed by atoms with E-state index >= 15 is 0 Å². The highest BCUT2D eigenvalue weighted by Gasteiger charge is 2.14. The molecule has 3 aromatic carbocycles. The molecule has 0 bridgehead atoms. The molecule has 0 unspecified atom stereocenters. The average molecular weight is 428 g/mol. The third-order valence-corrected chi connectivity index (χ3v) is 5.19. The van der Waals surface area contributed by atoms with Crippen LogP contribution in [0.5, 0.6) is 5.75 Å². The Morgan fingerprint density at radius 2 is 1.66 bits per heavy atom. The van der Waals surface area contributed by atoms with Crippen LogP contribution in [0.25, 0.3) is 10.9 Å². The molecule has 0 spiro atoms. The van der Waals surface area contributed by atoms with E-state index in [4.69, 9.17) is 4.74 Å². The summed E-state index contributed by atoms with van der Waals surface area (Å²) in [7, 11) is 1.62. The van der Waals surface area contributed by atoms with E-state index in [2.05, 4.69) is 15.6 Å². The second kappa shape index (κ2) is 9.78. The summed E-state index contributed by atoms with van der Waals surface area (Å²) in [5.74, 6) is 1.20. The van der Waals surface area contributed by atoms with E-state index in [-0.39, 0.29) is 6.03 Å². The summed E-state index contributed by atoms with van der Waals surface area (Å²) in [5, 5.41) is 6.42. The third kappa shape index (κ3) is 4.95. The van der Waals surface area contributed by atoms with Gasteiger partial charge in [0.15, 0.2) is 0 Å². The Bertz CT molecular complexity index is 1270. The second-order valence-electron chi connectivity index (χ2n) is 7.30. The van der Waals surface area contributed by atoms with Crippen LogP contribution in [0.15, 0.2) is 83.7 Å². The van der Waals surface area contributed by atoms with E-state index in [1.165, 1.54) is 4.57 Å². The van der Waals surface area contributed by atoms with Crippen molar-refractivity contribution in [3.05, 3.63) is 100 Å². The molecule has 4 aromatic rings. The quantitative estimate of drug-likeness (QED) is 0.466. The molecule has 4 rings (SSSR count). The van der Waals surface area contributed by atoms with Crippen LogP contribution >= 0.6 is 0 Å². The smallest absolute Gasteiger partial charge is 0.349 e. The summed E-state index contributed by atoms with van der Waals surface area (Å²) in [6.07, 6.45) is 0.601. The Morgan fingerprint density at radius 3 is 2.41 bits per heavy atom. The van der Waals surface area contributed by atoms with Crippen molar-refractivity contribution in [1.29, 1.82) is 0 Å². The van der Waals surface area contributed by atoms with Crippen molar-refractivity contribution in [2.75, 3.05) is 12.4 Å². The van der Waals surface area contributed by atoms with E-state index in [9.17, 15) is 9.59 Å². The number of nitrogens with one attached hydrogen (secondary N) is 2. The Labute approximate surface area is 185 Å². The molecule has 7 heteroatoms. The Hall–Kier alpha value is -4.13. The fourth-order valence-corrected chi connectivity index (χ4v) is 3.48. The molecule has 162 valence electrons. The zero-order chi connectivity index (χ0) is 22.3. The number of carbonyl (C=O) groups is 1. The van der Waals surface area contributed by atoms with Gasteiger partial charge in [0, 0.05) is 18.5 Å². The van der Waals surface area contributed by atoms with Gasteiger partial charge in [-0.05, 0) is 41.8 Å². The molecule has 2 amide bonds. The molecular weight excluding hydrogens is 404 g/mol. The summed E-state index contributed by atoms with van der Waals surface area (Å²) < 4.78 is 6.71. The molecule has 2 N–H and O–H groups in total. The van der Waals surface area contributed by atoms with Crippen molar-refractivity contribution in [3.8, 4) is 5.75 Å². The van der Waals surface area contributed by atoms with E-state index in [1.54, 1.807) is 13.2 Å². The SMILES string of the molecule is COc1ccc(CCn2c(NC(=O)NCc3ccccc3)c3ccccc3nc2=O)cc1. The van der Waals surface area contributed by atoms with Gasteiger partial charge in [0.25, 0.3) is 0 Å². The first kappa shape index (κ1) is 21.1. The number of rotatable bonds is 7. The van der Waals surface area contributed by atoms with Crippen LogP contribution in [0.1, 0.15) is 11.1 Å². The summed E-state index contributed by atoms with van der Waals surface area (Å²) >= 11 is 0. The van der Waals surface area contributed by atoms with Crippen LogP contribution in [-0.2, 0) is 19.5 Å². The molecule has 0 aliphatic carbocycles. The predicted octanol–water partition coefficient (Wildman–Crippen LogP) is 3.97. The van der Waals surface area contributed by atoms with Gasteiger partial charge in [-0.15, -0.1) is 0 Å². The number of aryl methyl sites for hydroxylation is 1. The van der Waals surface area contributed by atoms with Gasteiger partial charge in [0.1, 0.15) is 11.6 Å². The maximum atomic E-state index is 12.8. The summed E-state index contributed by atoms with van der Waals surface area (Å²) in [6.45, 7) is 0.753. The van der Waals surface area contributed by atoms with Gasteiger partial charge in [-0.3, -0.25) is 9.88 Å². The van der Waals surface area contributed by atoms with Gasteiger partial charge in [-0.25, -0.2) is 9.59 Å². The van der Waals surface area contributed by atoms with Crippen LogP contribution in [0.4, 0.5) is 10.6 Å². The van der Waals surface area contributed by atoms with E-state index < -0.39 is 5.69 Å². The number of anilines is 1. The monoisotopic (exact) mass is 428 g/mol. The van der Waals surface area contributed by atoms with Crippen LogP contribution in [-0.4, -0.2) is 22.7 Å². The maximum Gasteiger partial charge on any atom is 0.349 e. The fourth-order valence-electron chi connectivity index (χ4n) is 3.48. The molecule has 7 nitrogen and oxygen atoms in total. The van der Waals surface area contributed by atoms with Crippen molar-refractivity contribution in [2.45, 2.75) is 19.5 Å². The summed E-state index contributed by atoms with van der Waals surface area (Å²) in [6, 6.07) is 24.2. The number of ether oxygens (including phenoxy) is 1. The van der Waals surface area contributed by atoms with Crippen molar-refractivity contribution in [1.82, 2.24) is 14.9 Å². The van der Waals surface area contributed by atoms with Gasteiger partial charge in [0.2, 0.25) is 0 Å². The summed E-state index contributed by atoms with van der Waals surface area (Å²) in [5.41, 5.74) is 2.16. The van der Waals surface area contributed by atoms with Crippen molar-refractivity contribution < 1.29 is 9.53 Å². The van der Waals surface area contributed by atoms with Gasteiger partial charge in [-0.2, -0.15) is 4.98 Å². The van der Waals surface area contributed by atoms with Gasteiger partial charge < -0.3 is 10.1 Å². The molecular formula is C25H24N4O3. The van der Waals surface area contributed by atoms with Gasteiger partial charge >= 0.3 is 11.7 Å².